The molecule has 8 nitrogen and oxygen atoms in total. The highest BCUT2D eigenvalue weighted by Crippen LogP contribution is 2.59. The first kappa shape index (κ1) is 25.8. The molecule has 2 aliphatic carbocycles. The second-order valence-electron chi connectivity index (χ2n) is 12.2. The number of nitrogens with one attached hydrogen (secondary N) is 2. The van der Waals surface area contributed by atoms with Crippen LogP contribution in [0.1, 0.15) is 74.9 Å². The molecule has 0 aliphatic heterocycles. The molecule has 202 valence electrons. The lowest BCUT2D eigenvalue weighted by atomic mass is 9.96. The van der Waals surface area contributed by atoms with Crippen molar-refractivity contribution in [1.82, 2.24) is 20.0 Å². The van der Waals surface area contributed by atoms with E-state index in [1.807, 2.05) is 10.9 Å². The molecular weight excluding hydrogens is 503 g/mol. The number of nitriles is 2. The summed E-state index contributed by atoms with van der Waals surface area (Å²) in [5.74, 6) is 0.335. The van der Waals surface area contributed by atoms with Crippen LogP contribution in [0.3, 0.4) is 0 Å². The summed E-state index contributed by atoms with van der Waals surface area (Å²) in [6.45, 7) is 6.96. The molecule has 0 radical (unpaired) electrons. The van der Waals surface area contributed by atoms with Gasteiger partial charge in [0.05, 0.1) is 51.9 Å². The molecule has 0 saturated heterocycles. The highest BCUT2D eigenvalue weighted by atomic mass is 19.1. The fourth-order valence-electron chi connectivity index (χ4n) is 5.44. The van der Waals surface area contributed by atoms with E-state index < -0.39 is 6.04 Å². The Balaban J connectivity index is 1.45. The summed E-state index contributed by atoms with van der Waals surface area (Å²) in [4.78, 5) is 4.64. The van der Waals surface area contributed by atoms with E-state index in [1.165, 1.54) is 25.0 Å². The van der Waals surface area contributed by atoms with Crippen LogP contribution in [-0.2, 0) is 5.54 Å². The molecule has 2 saturated carbocycles. The minimum absolute atomic E-state index is 0.0326. The fraction of sp³-hybridized carbons (Fsp3) is 0.387. The first-order valence-corrected chi connectivity index (χ1v) is 13.7. The fourth-order valence-corrected chi connectivity index (χ4v) is 5.44. The quantitative estimate of drug-likeness (QED) is 0.274. The molecule has 6 rings (SSSR count). The summed E-state index contributed by atoms with van der Waals surface area (Å²) in [6.07, 6.45) is 8.23. The first-order valence-electron chi connectivity index (χ1n) is 13.7. The number of rotatable bonds is 8. The molecule has 2 fully saturated rings. The van der Waals surface area contributed by atoms with Gasteiger partial charge in [-0.15, -0.1) is 5.10 Å². The number of hydrogen-bond donors (Lipinski definition) is 2. The smallest absolute Gasteiger partial charge is 0.123 e. The lowest BCUT2D eigenvalue weighted by Gasteiger charge is -2.23. The summed E-state index contributed by atoms with van der Waals surface area (Å²) >= 11 is 0. The van der Waals surface area contributed by atoms with Gasteiger partial charge in [-0.2, -0.15) is 10.5 Å². The molecule has 0 spiro atoms. The Morgan fingerprint density at radius 3 is 2.50 bits per heavy atom. The van der Waals surface area contributed by atoms with Gasteiger partial charge in [0, 0.05) is 18.1 Å². The zero-order chi connectivity index (χ0) is 28.1. The SMILES string of the molecule is CC(C)(C)CNc1c(C#N)cnc2c(N[C@@H](c3ccc(F)cc3)c3cn(C4(C5CC5)CC4)nn3)cc(C#N)cc12. The van der Waals surface area contributed by atoms with Crippen molar-refractivity contribution in [3.05, 3.63) is 77.0 Å². The normalized spacial score (nSPS) is 16.6. The zero-order valence-corrected chi connectivity index (χ0v) is 22.9. The lowest BCUT2D eigenvalue weighted by Crippen LogP contribution is -2.20. The second-order valence-corrected chi connectivity index (χ2v) is 12.2. The maximum absolute atomic E-state index is 13.9. The van der Waals surface area contributed by atoms with E-state index >= 15 is 0 Å². The van der Waals surface area contributed by atoms with E-state index in [2.05, 4.69) is 58.8 Å². The number of aromatic nitrogens is 4. The number of benzene rings is 2. The summed E-state index contributed by atoms with van der Waals surface area (Å²) < 4.78 is 15.9. The molecule has 0 unspecified atom stereocenters. The largest absolute Gasteiger partial charge is 0.383 e. The van der Waals surface area contributed by atoms with Gasteiger partial charge in [-0.05, 0) is 66.8 Å². The highest BCUT2D eigenvalue weighted by Gasteiger charge is 2.56. The van der Waals surface area contributed by atoms with E-state index in [1.54, 1.807) is 30.5 Å². The van der Waals surface area contributed by atoms with Crippen LogP contribution in [0.15, 0.2) is 48.8 Å². The molecule has 2 aliphatic rings. The van der Waals surface area contributed by atoms with Crippen molar-refractivity contribution < 1.29 is 4.39 Å². The molecular formula is C31H31FN8. The van der Waals surface area contributed by atoms with E-state index in [9.17, 15) is 14.9 Å². The summed E-state index contributed by atoms with van der Waals surface area (Å²) in [6, 6.07) is 13.8. The van der Waals surface area contributed by atoms with Gasteiger partial charge < -0.3 is 10.6 Å². The molecule has 2 aromatic heterocycles. The predicted octanol–water partition coefficient (Wildman–Crippen LogP) is 6.27. The molecule has 0 bridgehead atoms. The van der Waals surface area contributed by atoms with E-state index in [0.717, 1.165) is 18.4 Å². The van der Waals surface area contributed by atoms with Crippen LogP contribution < -0.4 is 10.6 Å². The third-order valence-corrected chi connectivity index (χ3v) is 7.88. The second kappa shape index (κ2) is 9.60. The van der Waals surface area contributed by atoms with Gasteiger partial charge in [-0.1, -0.05) is 38.1 Å². The van der Waals surface area contributed by atoms with Crippen molar-refractivity contribution in [3.63, 3.8) is 0 Å². The Kier molecular flexibility index (Phi) is 6.18. The number of fused-ring (bicyclic) bond motifs is 1. The van der Waals surface area contributed by atoms with Gasteiger partial charge in [0.1, 0.15) is 17.6 Å². The van der Waals surface area contributed by atoms with Crippen molar-refractivity contribution in [3.8, 4) is 12.1 Å². The van der Waals surface area contributed by atoms with Gasteiger partial charge in [0.15, 0.2) is 0 Å². The Morgan fingerprint density at radius 1 is 1.12 bits per heavy atom. The van der Waals surface area contributed by atoms with Crippen LogP contribution in [0.5, 0.6) is 0 Å². The van der Waals surface area contributed by atoms with E-state index in [-0.39, 0.29) is 16.8 Å². The molecule has 40 heavy (non-hydrogen) atoms. The molecule has 2 N–H and O–H groups in total. The molecule has 1 atom stereocenters. The third kappa shape index (κ3) is 4.84. The number of nitrogens with zero attached hydrogens (tertiary/aromatic N) is 6. The summed E-state index contributed by atoms with van der Waals surface area (Å²) in [5, 5.41) is 36.5. The first-order chi connectivity index (χ1) is 19.2. The average molecular weight is 535 g/mol. The van der Waals surface area contributed by atoms with Crippen molar-refractivity contribution in [1.29, 1.82) is 10.5 Å². The third-order valence-electron chi connectivity index (χ3n) is 7.88. The Bertz CT molecular complexity index is 1660. The van der Waals surface area contributed by atoms with Crippen LogP contribution >= 0.6 is 0 Å². The summed E-state index contributed by atoms with van der Waals surface area (Å²) in [7, 11) is 0. The monoisotopic (exact) mass is 534 g/mol. The zero-order valence-electron chi connectivity index (χ0n) is 22.9. The number of hydrogen-bond acceptors (Lipinski definition) is 7. The van der Waals surface area contributed by atoms with Crippen LogP contribution in [0.25, 0.3) is 10.9 Å². The van der Waals surface area contributed by atoms with Gasteiger partial charge in [0.2, 0.25) is 0 Å². The maximum Gasteiger partial charge on any atom is 0.123 e. The van der Waals surface area contributed by atoms with Gasteiger partial charge in [0.25, 0.3) is 0 Å². The van der Waals surface area contributed by atoms with E-state index in [4.69, 9.17) is 0 Å². The van der Waals surface area contributed by atoms with E-state index in [0.29, 0.717) is 51.6 Å². The Labute approximate surface area is 232 Å². The minimum Gasteiger partial charge on any atom is -0.383 e. The van der Waals surface area contributed by atoms with Crippen molar-refractivity contribution in [2.24, 2.45) is 11.3 Å². The van der Waals surface area contributed by atoms with Gasteiger partial charge in [-0.25, -0.2) is 9.07 Å². The van der Waals surface area contributed by atoms with Gasteiger partial charge >= 0.3 is 0 Å². The molecule has 9 heteroatoms. The number of anilines is 2. The van der Waals surface area contributed by atoms with Crippen LogP contribution in [0.4, 0.5) is 15.8 Å². The van der Waals surface area contributed by atoms with Crippen LogP contribution in [0.2, 0.25) is 0 Å². The molecule has 2 heterocycles. The summed E-state index contributed by atoms with van der Waals surface area (Å²) in [5.41, 5.74) is 4.27. The molecule has 4 aromatic rings. The predicted molar refractivity (Wildman–Crippen MR) is 151 cm³/mol. The van der Waals surface area contributed by atoms with Gasteiger partial charge in [-0.3, -0.25) is 4.98 Å². The molecule has 2 aromatic carbocycles. The standard InChI is InChI=1S/C31H31FN8/c1-30(2,3)18-36-27-21(15-34)16-35-29-24(27)12-19(14-33)13-25(29)37-28(20-4-8-23(32)9-5-20)26-17-40(39-38-26)31(10-11-31)22-6-7-22/h4-5,8-9,12-13,16-17,22,28,37H,6-7,10-11,18H2,1-3H3,(H,35,36)/t28-/m0/s1. The van der Waals surface area contributed by atoms with Crippen molar-refractivity contribution in [2.75, 3.05) is 17.2 Å². The average Bonchev–Trinajstić information content (AvgIpc) is 3.87. The molecule has 0 amide bonds. The number of pyridine rings is 1. The number of halogens is 1. The van der Waals surface area contributed by atoms with Crippen molar-refractivity contribution >= 4 is 22.3 Å². The Morgan fingerprint density at radius 2 is 1.88 bits per heavy atom. The maximum atomic E-state index is 13.9. The lowest BCUT2D eigenvalue weighted by molar-refractivity contribution is 0.371. The van der Waals surface area contributed by atoms with Crippen LogP contribution in [-0.4, -0.2) is 26.5 Å². The minimum atomic E-state index is -0.468. The van der Waals surface area contributed by atoms with Crippen molar-refractivity contribution in [2.45, 2.75) is 58.0 Å². The van der Waals surface area contributed by atoms with Crippen LogP contribution in [0, 0.1) is 39.8 Å². The Hall–Kier alpha value is -4.50. The topological polar surface area (TPSA) is 115 Å². The highest BCUT2D eigenvalue weighted by molar-refractivity contribution is 6.01.